The summed E-state index contributed by atoms with van der Waals surface area (Å²) in [5, 5.41) is 12.1. The number of rotatable bonds is 4. The molecule has 2 rings (SSSR count). The zero-order valence-corrected chi connectivity index (χ0v) is 10.6. The number of carbonyl (C=O) groups is 1. The monoisotopic (exact) mass is 257 g/mol. The van der Waals surface area contributed by atoms with Crippen molar-refractivity contribution in [1.82, 2.24) is 5.32 Å². The molecule has 0 atom stereocenters. The molecular formula is C15H15NO3. The van der Waals surface area contributed by atoms with E-state index in [1.807, 2.05) is 30.3 Å². The van der Waals surface area contributed by atoms with Crippen molar-refractivity contribution < 1.29 is 14.6 Å². The van der Waals surface area contributed by atoms with Gasteiger partial charge in [0.15, 0.2) is 0 Å². The number of benzene rings is 2. The Balaban J connectivity index is 2.12. The van der Waals surface area contributed by atoms with Crippen LogP contribution in [0.5, 0.6) is 11.5 Å². The first kappa shape index (κ1) is 13.0. The fourth-order valence-electron chi connectivity index (χ4n) is 1.68. The van der Waals surface area contributed by atoms with Crippen LogP contribution >= 0.6 is 0 Å². The van der Waals surface area contributed by atoms with E-state index in [0.29, 0.717) is 17.9 Å². The fraction of sp³-hybridized carbons (Fsp3) is 0.133. The smallest absolute Gasteiger partial charge is 0.251 e. The summed E-state index contributed by atoms with van der Waals surface area (Å²) >= 11 is 0. The van der Waals surface area contributed by atoms with Gasteiger partial charge in [0.1, 0.15) is 18.1 Å². The lowest BCUT2D eigenvalue weighted by Gasteiger charge is -2.08. The molecule has 0 saturated heterocycles. The van der Waals surface area contributed by atoms with E-state index >= 15 is 0 Å². The van der Waals surface area contributed by atoms with Gasteiger partial charge in [0.05, 0.1) is 0 Å². The average Bonchev–Trinajstić information content (AvgIpc) is 2.45. The third kappa shape index (κ3) is 3.48. The van der Waals surface area contributed by atoms with Gasteiger partial charge in [0.25, 0.3) is 5.91 Å². The van der Waals surface area contributed by atoms with Crippen LogP contribution in [-0.2, 0) is 6.61 Å². The lowest BCUT2D eigenvalue weighted by Crippen LogP contribution is -2.17. The minimum absolute atomic E-state index is 0.00385. The molecule has 98 valence electrons. The standard InChI is InChI=1S/C15H15NO3/c1-16-15(18)12-7-13(17)9-14(8-12)19-10-11-5-3-2-4-6-11/h2-9,17H,10H2,1H3,(H,16,18). The molecule has 0 aliphatic carbocycles. The molecule has 0 bridgehead atoms. The van der Waals surface area contributed by atoms with E-state index in [-0.39, 0.29) is 11.7 Å². The number of carbonyl (C=O) groups excluding carboxylic acids is 1. The van der Waals surface area contributed by atoms with Crippen LogP contribution in [0.3, 0.4) is 0 Å². The second kappa shape index (κ2) is 5.91. The third-order valence-corrected chi connectivity index (χ3v) is 2.63. The number of phenols is 1. The number of aromatic hydroxyl groups is 1. The molecule has 0 radical (unpaired) electrons. The van der Waals surface area contributed by atoms with Crippen LogP contribution in [0.25, 0.3) is 0 Å². The van der Waals surface area contributed by atoms with Gasteiger partial charge >= 0.3 is 0 Å². The molecule has 2 N–H and O–H groups in total. The molecule has 0 unspecified atom stereocenters. The molecule has 0 fully saturated rings. The fourth-order valence-corrected chi connectivity index (χ4v) is 1.68. The predicted molar refractivity (Wildman–Crippen MR) is 72.3 cm³/mol. The number of ether oxygens (including phenoxy) is 1. The highest BCUT2D eigenvalue weighted by Crippen LogP contribution is 2.22. The summed E-state index contributed by atoms with van der Waals surface area (Å²) < 4.78 is 5.57. The van der Waals surface area contributed by atoms with Crippen LogP contribution in [-0.4, -0.2) is 18.1 Å². The Labute approximate surface area is 111 Å². The van der Waals surface area contributed by atoms with Crippen molar-refractivity contribution in [3.63, 3.8) is 0 Å². The van der Waals surface area contributed by atoms with Crippen molar-refractivity contribution in [2.75, 3.05) is 7.05 Å². The van der Waals surface area contributed by atoms with E-state index in [2.05, 4.69) is 5.32 Å². The summed E-state index contributed by atoms with van der Waals surface area (Å²) in [6.45, 7) is 0.386. The van der Waals surface area contributed by atoms with Gasteiger partial charge in [-0.1, -0.05) is 30.3 Å². The zero-order valence-electron chi connectivity index (χ0n) is 10.6. The van der Waals surface area contributed by atoms with E-state index < -0.39 is 0 Å². The van der Waals surface area contributed by atoms with Crippen molar-refractivity contribution in [2.45, 2.75) is 6.61 Å². The lowest BCUT2D eigenvalue weighted by atomic mass is 10.2. The number of nitrogens with one attached hydrogen (secondary N) is 1. The Kier molecular flexibility index (Phi) is 4.03. The molecule has 0 heterocycles. The average molecular weight is 257 g/mol. The van der Waals surface area contributed by atoms with Gasteiger partial charge in [-0.3, -0.25) is 4.79 Å². The van der Waals surface area contributed by atoms with E-state index in [0.717, 1.165) is 5.56 Å². The van der Waals surface area contributed by atoms with Crippen LogP contribution in [0, 0.1) is 0 Å². The topological polar surface area (TPSA) is 58.6 Å². The number of phenolic OH excluding ortho intramolecular Hbond substituents is 1. The summed E-state index contributed by atoms with van der Waals surface area (Å²) in [6.07, 6.45) is 0. The Morgan fingerprint density at radius 2 is 1.95 bits per heavy atom. The maximum Gasteiger partial charge on any atom is 0.251 e. The molecule has 2 aromatic carbocycles. The normalized spacial score (nSPS) is 9.95. The van der Waals surface area contributed by atoms with Crippen molar-refractivity contribution in [3.05, 3.63) is 59.7 Å². The van der Waals surface area contributed by atoms with Crippen molar-refractivity contribution in [3.8, 4) is 11.5 Å². The summed E-state index contributed by atoms with van der Waals surface area (Å²) in [7, 11) is 1.54. The molecule has 1 amide bonds. The van der Waals surface area contributed by atoms with Gasteiger partial charge in [-0.05, 0) is 17.7 Å². The predicted octanol–water partition coefficient (Wildman–Crippen LogP) is 2.33. The van der Waals surface area contributed by atoms with Crippen LogP contribution in [0.2, 0.25) is 0 Å². The molecule has 0 aliphatic heterocycles. The second-order valence-electron chi connectivity index (χ2n) is 4.07. The Bertz CT molecular complexity index is 567. The molecule has 4 heteroatoms. The molecule has 0 aromatic heterocycles. The molecule has 0 saturated carbocycles. The number of amides is 1. The third-order valence-electron chi connectivity index (χ3n) is 2.63. The van der Waals surface area contributed by atoms with E-state index in [1.165, 1.54) is 19.2 Å². The van der Waals surface area contributed by atoms with E-state index in [1.54, 1.807) is 6.07 Å². The highest BCUT2D eigenvalue weighted by atomic mass is 16.5. The van der Waals surface area contributed by atoms with E-state index in [9.17, 15) is 9.90 Å². The molecule has 4 nitrogen and oxygen atoms in total. The van der Waals surface area contributed by atoms with E-state index in [4.69, 9.17) is 4.74 Å². The van der Waals surface area contributed by atoms with Crippen LogP contribution < -0.4 is 10.1 Å². The molecule has 19 heavy (non-hydrogen) atoms. The largest absolute Gasteiger partial charge is 0.508 e. The first-order valence-electron chi connectivity index (χ1n) is 5.92. The van der Waals surface area contributed by atoms with Crippen molar-refractivity contribution in [1.29, 1.82) is 0 Å². The van der Waals surface area contributed by atoms with Crippen LogP contribution in [0.4, 0.5) is 0 Å². The van der Waals surface area contributed by atoms with Crippen LogP contribution in [0.1, 0.15) is 15.9 Å². The molecule has 0 aliphatic rings. The summed E-state index contributed by atoms with van der Waals surface area (Å²) in [5.41, 5.74) is 1.39. The maximum absolute atomic E-state index is 11.5. The minimum atomic E-state index is -0.263. The van der Waals surface area contributed by atoms with Gasteiger partial charge < -0.3 is 15.2 Å². The molecule has 0 spiro atoms. The lowest BCUT2D eigenvalue weighted by molar-refractivity contribution is 0.0962. The Morgan fingerprint density at radius 1 is 1.21 bits per heavy atom. The quantitative estimate of drug-likeness (QED) is 0.883. The Hall–Kier alpha value is -2.49. The first-order chi connectivity index (χ1) is 9.19. The highest BCUT2D eigenvalue weighted by Gasteiger charge is 2.07. The summed E-state index contributed by atoms with van der Waals surface area (Å²) in [6, 6.07) is 14.2. The van der Waals surface area contributed by atoms with Crippen LogP contribution in [0.15, 0.2) is 48.5 Å². The summed E-state index contributed by atoms with van der Waals surface area (Å²) in [5.74, 6) is 0.201. The summed E-state index contributed by atoms with van der Waals surface area (Å²) in [4.78, 5) is 11.5. The van der Waals surface area contributed by atoms with Gasteiger partial charge in [0.2, 0.25) is 0 Å². The van der Waals surface area contributed by atoms with Gasteiger partial charge in [-0.2, -0.15) is 0 Å². The SMILES string of the molecule is CNC(=O)c1cc(O)cc(OCc2ccccc2)c1. The minimum Gasteiger partial charge on any atom is -0.508 e. The second-order valence-corrected chi connectivity index (χ2v) is 4.07. The number of hydrogen-bond donors (Lipinski definition) is 2. The van der Waals surface area contributed by atoms with Gasteiger partial charge in [-0.25, -0.2) is 0 Å². The molecular weight excluding hydrogens is 242 g/mol. The highest BCUT2D eigenvalue weighted by molar-refractivity contribution is 5.94. The zero-order chi connectivity index (χ0) is 13.7. The Morgan fingerprint density at radius 3 is 2.63 bits per heavy atom. The van der Waals surface area contributed by atoms with Gasteiger partial charge in [0, 0.05) is 18.7 Å². The van der Waals surface area contributed by atoms with Crippen molar-refractivity contribution in [2.24, 2.45) is 0 Å². The van der Waals surface area contributed by atoms with Crippen molar-refractivity contribution >= 4 is 5.91 Å². The van der Waals surface area contributed by atoms with Gasteiger partial charge in [-0.15, -0.1) is 0 Å². The maximum atomic E-state index is 11.5. The number of hydrogen-bond acceptors (Lipinski definition) is 3. The molecule has 2 aromatic rings. The first-order valence-corrected chi connectivity index (χ1v) is 5.92.